The van der Waals surface area contributed by atoms with E-state index in [0.29, 0.717) is 47.4 Å². The molecule has 3 amide bonds. The molecule has 0 bridgehead atoms. The van der Waals surface area contributed by atoms with Gasteiger partial charge in [-0.3, -0.25) is 34.1 Å². The summed E-state index contributed by atoms with van der Waals surface area (Å²) in [5, 5.41) is 6.30. The number of carbonyl (C=O) groups is 3. The largest absolute Gasteiger partial charge is 0.370 e. The molecule has 13 nitrogen and oxygen atoms in total. The Morgan fingerprint density at radius 1 is 0.940 bits per heavy atom. The number of nitrogens with one attached hydrogen (secondary N) is 2. The van der Waals surface area contributed by atoms with Gasteiger partial charge in [0.15, 0.2) is 5.78 Å². The number of benzene rings is 1. The summed E-state index contributed by atoms with van der Waals surface area (Å²) in [5.74, 6) is 0.488. The molecule has 3 aromatic heterocycles. The fourth-order valence-corrected chi connectivity index (χ4v) is 7.64. The van der Waals surface area contributed by atoms with Crippen molar-refractivity contribution < 1.29 is 14.4 Å². The number of nitrogens with zero attached hydrogens (tertiary/aromatic N) is 7. The maximum absolute atomic E-state index is 13.5. The first-order chi connectivity index (χ1) is 24.2. The molecule has 2 aliphatic heterocycles. The molecule has 2 saturated heterocycles. The smallest absolute Gasteiger partial charge is 0.328 e. The SMILES string of the molecule is CC(=O)c1c(C)c2cnc(Nc3ccc(N4CCC(N(C)Cc5ccc(N6CCC(=O)NC6=O)cc5)CC4)cn3)nc2n(C2CCCC2)c1=O. The lowest BCUT2D eigenvalue weighted by Gasteiger charge is -2.37. The summed E-state index contributed by atoms with van der Waals surface area (Å²) in [6.45, 7) is 6.27. The van der Waals surface area contributed by atoms with Crippen molar-refractivity contribution in [2.75, 3.05) is 41.8 Å². The summed E-state index contributed by atoms with van der Waals surface area (Å²) in [6, 6.07) is 12.1. The van der Waals surface area contributed by atoms with Gasteiger partial charge in [-0.2, -0.15) is 4.98 Å². The zero-order valence-corrected chi connectivity index (χ0v) is 28.8. The molecular formula is C37H43N9O4. The second-order valence-electron chi connectivity index (χ2n) is 13.7. The molecule has 0 radical (unpaired) electrons. The Kier molecular flexibility index (Phi) is 9.32. The fraction of sp³-hybridized carbons (Fsp3) is 0.432. The molecule has 3 aliphatic rings. The molecule has 2 N–H and O–H groups in total. The molecule has 50 heavy (non-hydrogen) atoms. The van der Waals surface area contributed by atoms with Gasteiger partial charge >= 0.3 is 6.03 Å². The van der Waals surface area contributed by atoms with Gasteiger partial charge in [0.05, 0.1) is 17.4 Å². The maximum Gasteiger partial charge on any atom is 0.328 e. The van der Waals surface area contributed by atoms with Gasteiger partial charge in [-0.15, -0.1) is 0 Å². The zero-order valence-electron chi connectivity index (χ0n) is 28.8. The van der Waals surface area contributed by atoms with Crippen LogP contribution in [0.1, 0.15) is 79.4 Å². The minimum Gasteiger partial charge on any atom is -0.370 e. The number of amides is 3. The monoisotopic (exact) mass is 677 g/mol. The molecule has 1 aliphatic carbocycles. The number of carbonyl (C=O) groups excluding carboxylic acids is 3. The van der Waals surface area contributed by atoms with E-state index in [1.807, 2.05) is 24.4 Å². The Morgan fingerprint density at radius 2 is 1.66 bits per heavy atom. The van der Waals surface area contributed by atoms with E-state index in [0.717, 1.165) is 69.5 Å². The lowest BCUT2D eigenvalue weighted by molar-refractivity contribution is -0.120. The number of Topliss-reactive ketones (excluding diaryl/α,β-unsaturated/α-hetero) is 1. The van der Waals surface area contributed by atoms with Gasteiger partial charge in [0.25, 0.3) is 5.56 Å². The number of pyridine rings is 2. The van der Waals surface area contributed by atoms with Crippen LogP contribution >= 0.6 is 0 Å². The highest BCUT2D eigenvalue weighted by molar-refractivity contribution is 6.05. The quantitative estimate of drug-likeness (QED) is 0.230. The molecule has 13 heteroatoms. The number of piperidine rings is 1. The Balaban J connectivity index is 0.968. The van der Waals surface area contributed by atoms with Crippen LogP contribution in [-0.4, -0.2) is 74.9 Å². The number of rotatable bonds is 9. The number of fused-ring (bicyclic) bond motifs is 1. The van der Waals surface area contributed by atoms with Gasteiger partial charge in [0.2, 0.25) is 11.9 Å². The van der Waals surface area contributed by atoms with Gasteiger partial charge in [-0.25, -0.2) is 14.8 Å². The van der Waals surface area contributed by atoms with Gasteiger partial charge in [0.1, 0.15) is 11.5 Å². The van der Waals surface area contributed by atoms with Crippen LogP contribution in [0.3, 0.4) is 0 Å². The van der Waals surface area contributed by atoms with Crippen LogP contribution < -0.4 is 26.0 Å². The first kappa shape index (κ1) is 33.3. The number of hydrogen-bond acceptors (Lipinski definition) is 10. The van der Waals surface area contributed by atoms with Crippen molar-refractivity contribution in [3.63, 3.8) is 0 Å². The van der Waals surface area contributed by atoms with E-state index >= 15 is 0 Å². The van der Waals surface area contributed by atoms with Crippen LogP contribution in [0.2, 0.25) is 0 Å². The minimum atomic E-state index is -0.370. The number of ketones is 1. The molecule has 0 atom stereocenters. The number of hydrogen-bond donors (Lipinski definition) is 2. The van der Waals surface area contributed by atoms with E-state index in [1.54, 1.807) is 22.6 Å². The molecule has 4 aromatic rings. The van der Waals surface area contributed by atoms with Crippen molar-refractivity contribution in [3.8, 4) is 0 Å². The molecule has 0 unspecified atom stereocenters. The Hall–Kier alpha value is -5.17. The van der Waals surface area contributed by atoms with Crippen LogP contribution in [0.15, 0.2) is 53.6 Å². The van der Waals surface area contributed by atoms with Crippen molar-refractivity contribution in [3.05, 3.63) is 75.8 Å². The minimum absolute atomic E-state index is 0.0181. The summed E-state index contributed by atoms with van der Waals surface area (Å²) in [5.41, 5.74) is 4.14. The van der Waals surface area contributed by atoms with Crippen molar-refractivity contribution in [1.29, 1.82) is 0 Å². The van der Waals surface area contributed by atoms with Crippen LogP contribution in [0.5, 0.6) is 0 Å². The average molecular weight is 678 g/mol. The Labute approximate surface area is 290 Å². The van der Waals surface area contributed by atoms with Crippen molar-refractivity contribution in [2.24, 2.45) is 0 Å². The van der Waals surface area contributed by atoms with Gasteiger partial charge < -0.3 is 10.2 Å². The van der Waals surface area contributed by atoms with E-state index < -0.39 is 0 Å². The lowest BCUT2D eigenvalue weighted by Crippen LogP contribution is -2.49. The highest BCUT2D eigenvalue weighted by atomic mass is 16.2. The number of imide groups is 1. The standard InChI is InChI=1S/C37H43N9O4/c1-23-30-21-39-36(42-34(30)46(28-6-4-5-7-28)35(49)33(23)24(2)47)40-31-13-12-29(20-38-31)44-17-14-26(15-18-44)43(3)22-25-8-10-27(11-9-25)45-19-16-32(48)41-37(45)50/h8-13,20-21,26,28H,4-7,14-19,22H2,1-3H3,(H,41,48,50)(H,38,39,40,42). The highest BCUT2D eigenvalue weighted by Crippen LogP contribution is 2.32. The summed E-state index contributed by atoms with van der Waals surface area (Å²) >= 11 is 0. The number of aromatic nitrogens is 4. The van der Waals surface area contributed by atoms with Crippen LogP contribution in [-0.2, 0) is 11.3 Å². The topological polar surface area (TPSA) is 146 Å². The molecule has 260 valence electrons. The van der Waals surface area contributed by atoms with E-state index in [-0.39, 0.29) is 34.9 Å². The van der Waals surface area contributed by atoms with Crippen LogP contribution in [0, 0.1) is 6.92 Å². The van der Waals surface area contributed by atoms with Crippen molar-refractivity contribution in [2.45, 2.75) is 77.4 Å². The third-order valence-electron chi connectivity index (χ3n) is 10.4. The molecule has 0 spiro atoms. The lowest BCUT2D eigenvalue weighted by atomic mass is 10.0. The normalized spacial score (nSPS) is 17.5. The predicted octanol–water partition coefficient (Wildman–Crippen LogP) is 5.10. The maximum atomic E-state index is 13.5. The van der Waals surface area contributed by atoms with E-state index in [1.165, 1.54) is 12.5 Å². The van der Waals surface area contributed by atoms with Gasteiger partial charge in [-0.1, -0.05) is 25.0 Å². The van der Waals surface area contributed by atoms with Gasteiger partial charge in [-0.05, 0) is 82.0 Å². The molecule has 1 aromatic carbocycles. The molecular weight excluding hydrogens is 634 g/mol. The average Bonchev–Trinajstić information content (AvgIpc) is 3.64. The summed E-state index contributed by atoms with van der Waals surface area (Å²) in [7, 11) is 2.16. The fourth-order valence-electron chi connectivity index (χ4n) is 7.64. The molecule has 5 heterocycles. The first-order valence-electron chi connectivity index (χ1n) is 17.5. The number of aryl methyl sites for hydroxylation is 1. The summed E-state index contributed by atoms with van der Waals surface area (Å²) in [6.07, 6.45) is 9.79. The highest BCUT2D eigenvalue weighted by Gasteiger charge is 2.27. The molecule has 1 saturated carbocycles. The van der Waals surface area contributed by atoms with Crippen LogP contribution in [0.4, 0.5) is 27.9 Å². The third kappa shape index (κ3) is 6.69. The summed E-state index contributed by atoms with van der Waals surface area (Å²) < 4.78 is 1.72. The Morgan fingerprint density at radius 3 is 2.32 bits per heavy atom. The van der Waals surface area contributed by atoms with Crippen molar-refractivity contribution in [1.82, 2.24) is 29.7 Å². The summed E-state index contributed by atoms with van der Waals surface area (Å²) in [4.78, 5) is 69.9. The molecule has 3 fully saturated rings. The van der Waals surface area contributed by atoms with E-state index in [9.17, 15) is 19.2 Å². The molecule has 7 rings (SSSR count). The zero-order chi connectivity index (χ0) is 34.9. The van der Waals surface area contributed by atoms with Crippen molar-refractivity contribution >= 4 is 51.9 Å². The first-order valence-corrected chi connectivity index (χ1v) is 17.5. The number of anilines is 4. The van der Waals surface area contributed by atoms with Gasteiger partial charge in [0, 0.05) is 62.0 Å². The van der Waals surface area contributed by atoms with E-state index in [2.05, 4.69) is 55.6 Å². The predicted molar refractivity (Wildman–Crippen MR) is 192 cm³/mol. The van der Waals surface area contributed by atoms with E-state index in [4.69, 9.17) is 4.98 Å². The Bertz CT molecular complexity index is 1980. The third-order valence-corrected chi connectivity index (χ3v) is 10.4. The second-order valence-corrected chi connectivity index (χ2v) is 13.7. The second kappa shape index (κ2) is 14.0. The number of urea groups is 1. The van der Waals surface area contributed by atoms with Crippen LogP contribution in [0.25, 0.3) is 11.0 Å².